The zero-order chi connectivity index (χ0) is 26.2. The average Bonchev–Trinajstić information content (AvgIpc) is 3.26. The Morgan fingerprint density at radius 2 is 1.76 bits per heavy atom. The van der Waals surface area contributed by atoms with Crippen LogP contribution in [0.1, 0.15) is 43.0 Å². The molecule has 0 atom stereocenters. The third-order valence-corrected chi connectivity index (χ3v) is 7.38. The number of hydrogen-bond donors (Lipinski definition) is 3. The summed E-state index contributed by atoms with van der Waals surface area (Å²) >= 11 is 1.32. The highest BCUT2D eigenvalue weighted by molar-refractivity contribution is 7.15. The Hall–Kier alpha value is -3.37. The van der Waals surface area contributed by atoms with Crippen molar-refractivity contribution in [1.82, 2.24) is 15.2 Å². The largest absolute Gasteiger partial charge is 0.395 e. The van der Waals surface area contributed by atoms with Crippen LogP contribution in [0.5, 0.6) is 0 Å². The molecule has 0 aliphatic carbocycles. The van der Waals surface area contributed by atoms with Crippen molar-refractivity contribution in [2.75, 3.05) is 44.6 Å². The Balaban J connectivity index is 1.37. The minimum Gasteiger partial charge on any atom is -0.395 e. The number of nitrogens with one attached hydrogen (secondary N) is 2. The normalized spacial score (nSPS) is 14.7. The predicted molar refractivity (Wildman–Crippen MR) is 148 cm³/mol. The molecule has 2 amide bonds. The topological polar surface area (TPSA) is 97.3 Å². The number of nitrogens with zero attached hydrogens (tertiary/aromatic N) is 3. The molecule has 194 valence electrons. The van der Waals surface area contributed by atoms with Gasteiger partial charge in [-0.05, 0) is 48.1 Å². The maximum absolute atomic E-state index is 13.1. The Morgan fingerprint density at radius 3 is 2.49 bits per heavy atom. The van der Waals surface area contributed by atoms with Crippen LogP contribution in [0.3, 0.4) is 0 Å². The molecule has 1 aliphatic rings. The second-order valence-electron chi connectivity index (χ2n) is 9.23. The maximum atomic E-state index is 13.1. The van der Waals surface area contributed by atoms with Crippen LogP contribution in [0.2, 0.25) is 0 Å². The number of thiophene rings is 1. The molecule has 2 heterocycles. The maximum Gasteiger partial charge on any atom is 0.274 e. The van der Waals surface area contributed by atoms with Gasteiger partial charge in [-0.2, -0.15) is 5.10 Å². The van der Waals surface area contributed by atoms with Crippen molar-refractivity contribution in [2.45, 2.75) is 20.4 Å². The van der Waals surface area contributed by atoms with Gasteiger partial charge in [0.05, 0.1) is 18.4 Å². The van der Waals surface area contributed by atoms with E-state index in [1.807, 2.05) is 61.7 Å². The quantitative estimate of drug-likeness (QED) is 0.297. The molecule has 0 spiro atoms. The number of hydrogen-bond acceptors (Lipinski definition) is 7. The molecule has 0 saturated carbocycles. The molecule has 3 aromatic rings. The average molecular weight is 520 g/mol. The highest BCUT2D eigenvalue weighted by Crippen LogP contribution is 2.28. The van der Waals surface area contributed by atoms with Crippen molar-refractivity contribution in [1.29, 1.82) is 0 Å². The molecular weight excluding hydrogens is 486 g/mol. The number of aliphatic hydroxyl groups excluding tert-OH is 1. The SMILES string of the molecule is Cc1ccc(C=NNC(=O)c2c(C)csc2NC(=O)c2cccc(CN3CCN(CCO)CC3)c2)cc1. The summed E-state index contributed by atoms with van der Waals surface area (Å²) in [7, 11) is 0. The number of anilines is 1. The molecule has 1 saturated heterocycles. The molecule has 8 nitrogen and oxygen atoms in total. The first kappa shape index (κ1) is 26.7. The van der Waals surface area contributed by atoms with E-state index in [1.54, 1.807) is 12.3 Å². The number of carbonyl (C=O) groups is 2. The Bertz CT molecular complexity index is 1250. The number of β-amino-alcohol motifs (C(OH)–C–C–N with tert-alkyl or cyclic N) is 1. The molecule has 1 aliphatic heterocycles. The molecule has 2 aromatic carbocycles. The summed E-state index contributed by atoms with van der Waals surface area (Å²) in [6.07, 6.45) is 1.59. The van der Waals surface area contributed by atoms with E-state index < -0.39 is 0 Å². The number of benzene rings is 2. The molecular formula is C28H33N5O3S. The van der Waals surface area contributed by atoms with Crippen molar-refractivity contribution in [3.05, 3.63) is 87.3 Å². The van der Waals surface area contributed by atoms with Crippen molar-refractivity contribution in [3.63, 3.8) is 0 Å². The molecule has 9 heteroatoms. The second kappa shape index (κ2) is 12.7. The second-order valence-corrected chi connectivity index (χ2v) is 10.1. The smallest absolute Gasteiger partial charge is 0.274 e. The third-order valence-electron chi connectivity index (χ3n) is 6.36. The van der Waals surface area contributed by atoms with E-state index in [4.69, 9.17) is 5.11 Å². The van der Waals surface area contributed by atoms with Gasteiger partial charge in [0.1, 0.15) is 5.00 Å². The first-order valence-electron chi connectivity index (χ1n) is 12.4. The summed E-state index contributed by atoms with van der Waals surface area (Å²) < 4.78 is 0. The Morgan fingerprint density at radius 1 is 1.03 bits per heavy atom. The fraction of sp³-hybridized carbons (Fsp3) is 0.321. The van der Waals surface area contributed by atoms with Gasteiger partial charge in [0.15, 0.2) is 0 Å². The highest BCUT2D eigenvalue weighted by atomic mass is 32.1. The zero-order valence-corrected chi connectivity index (χ0v) is 22.1. The molecule has 1 fully saturated rings. The van der Waals surface area contributed by atoms with Gasteiger partial charge in [-0.1, -0.05) is 42.0 Å². The Labute approximate surface area is 221 Å². The van der Waals surface area contributed by atoms with E-state index in [2.05, 4.69) is 25.6 Å². The number of carbonyl (C=O) groups excluding carboxylic acids is 2. The molecule has 4 rings (SSSR count). The number of aliphatic hydroxyl groups is 1. The first-order chi connectivity index (χ1) is 17.9. The van der Waals surface area contributed by atoms with E-state index in [1.165, 1.54) is 11.3 Å². The van der Waals surface area contributed by atoms with Gasteiger partial charge in [-0.25, -0.2) is 5.43 Å². The standard InChI is InChI=1S/C28H33N5O3S/c1-20-6-8-22(9-7-20)17-29-31-27(36)25-21(2)19-37-28(25)30-26(35)24-5-3-4-23(16-24)18-33-12-10-32(11-13-33)14-15-34/h3-9,16-17,19,34H,10-15,18H2,1-2H3,(H,30,35)(H,31,36). The summed E-state index contributed by atoms with van der Waals surface area (Å²) in [4.78, 5) is 30.5. The number of aryl methyl sites for hydroxylation is 2. The van der Waals surface area contributed by atoms with E-state index in [0.717, 1.165) is 55.0 Å². The number of rotatable bonds is 9. The lowest BCUT2D eigenvalue weighted by atomic mass is 10.1. The number of amides is 2. The molecule has 0 bridgehead atoms. The lowest BCUT2D eigenvalue weighted by Crippen LogP contribution is -2.46. The fourth-order valence-electron chi connectivity index (χ4n) is 4.25. The molecule has 37 heavy (non-hydrogen) atoms. The summed E-state index contributed by atoms with van der Waals surface area (Å²) in [6.45, 7) is 9.22. The predicted octanol–water partition coefficient (Wildman–Crippen LogP) is 3.49. The van der Waals surface area contributed by atoms with Gasteiger partial charge in [0.25, 0.3) is 11.8 Å². The van der Waals surface area contributed by atoms with E-state index in [-0.39, 0.29) is 18.4 Å². The summed E-state index contributed by atoms with van der Waals surface area (Å²) in [5, 5.41) is 18.5. The van der Waals surface area contributed by atoms with Crippen molar-refractivity contribution >= 4 is 34.4 Å². The van der Waals surface area contributed by atoms with Gasteiger partial charge in [-0.15, -0.1) is 11.3 Å². The van der Waals surface area contributed by atoms with E-state index >= 15 is 0 Å². The van der Waals surface area contributed by atoms with Crippen molar-refractivity contribution in [2.24, 2.45) is 5.10 Å². The first-order valence-corrected chi connectivity index (χ1v) is 13.2. The number of hydrazone groups is 1. The zero-order valence-electron chi connectivity index (χ0n) is 21.2. The van der Waals surface area contributed by atoms with Gasteiger partial charge in [0.2, 0.25) is 0 Å². The van der Waals surface area contributed by atoms with Gasteiger partial charge in [0, 0.05) is 44.8 Å². The van der Waals surface area contributed by atoms with Crippen LogP contribution in [-0.4, -0.2) is 72.3 Å². The van der Waals surface area contributed by atoms with Gasteiger partial charge in [-0.3, -0.25) is 19.4 Å². The molecule has 3 N–H and O–H groups in total. The van der Waals surface area contributed by atoms with Crippen LogP contribution in [0.25, 0.3) is 0 Å². The van der Waals surface area contributed by atoms with Crippen molar-refractivity contribution in [3.8, 4) is 0 Å². The van der Waals surface area contributed by atoms with Crippen LogP contribution in [0.4, 0.5) is 5.00 Å². The lowest BCUT2D eigenvalue weighted by molar-refractivity contribution is 0.0956. The summed E-state index contributed by atoms with van der Waals surface area (Å²) in [5.74, 6) is -0.625. The van der Waals surface area contributed by atoms with Crippen LogP contribution in [-0.2, 0) is 6.54 Å². The summed E-state index contributed by atoms with van der Waals surface area (Å²) in [5.41, 5.74) is 7.40. The Kier molecular flexibility index (Phi) is 9.19. The fourth-order valence-corrected chi connectivity index (χ4v) is 5.18. The summed E-state index contributed by atoms with van der Waals surface area (Å²) in [6, 6.07) is 15.4. The minimum atomic E-state index is -0.369. The highest BCUT2D eigenvalue weighted by Gasteiger charge is 2.20. The van der Waals surface area contributed by atoms with Gasteiger partial charge >= 0.3 is 0 Å². The molecule has 0 unspecified atom stereocenters. The molecule has 1 aromatic heterocycles. The number of piperazine rings is 1. The minimum absolute atomic E-state index is 0.185. The van der Waals surface area contributed by atoms with Crippen LogP contribution in [0.15, 0.2) is 59.0 Å². The third kappa shape index (κ3) is 7.33. The van der Waals surface area contributed by atoms with E-state index in [0.29, 0.717) is 22.7 Å². The molecule has 0 radical (unpaired) electrons. The van der Waals surface area contributed by atoms with Gasteiger partial charge < -0.3 is 10.4 Å². The van der Waals surface area contributed by atoms with E-state index in [9.17, 15) is 9.59 Å². The van der Waals surface area contributed by atoms with Crippen LogP contribution >= 0.6 is 11.3 Å². The van der Waals surface area contributed by atoms with Crippen LogP contribution < -0.4 is 10.7 Å². The van der Waals surface area contributed by atoms with Crippen LogP contribution in [0, 0.1) is 13.8 Å². The monoisotopic (exact) mass is 519 g/mol. The van der Waals surface area contributed by atoms with Crippen molar-refractivity contribution < 1.29 is 14.7 Å². The lowest BCUT2D eigenvalue weighted by Gasteiger charge is -2.34.